The summed E-state index contributed by atoms with van der Waals surface area (Å²) in [5.74, 6) is -2.15. The van der Waals surface area contributed by atoms with Gasteiger partial charge in [-0.15, -0.1) is 0 Å². The van der Waals surface area contributed by atoms with Crippen LogP contribution in [0.3, 0.4) is 0 Å². The zero-order valence-electron chi connectivity index (χ0n) is 12.0. The van der Waals surface area contributed by atoms with Gasteiger partial charge in [-0.2, -0.15) is 0 Å². The van der Waals surface area contributed by atoms with E-state index in [2.05, 4.69) is 5.43 Å². The fourth-order valence-corrected chi connectivity index (χ4v) is 1.60. The Labute approximate surface area is 131 Å². The second-order valence-corrected chi connectivity index (χ2v) is 4.75. The lowest BCUT2D eigenvalue weighted by Gasteiger charge is -2.10. The third-order valence-corrected chi connectivity index (χ3v) is 3.08. The lowest BCUT2D eigenvalue weighted by atomic mass is 10.1. The number of amides is 2. The number of aryl methyl sites for hydroxylation is 2. The molecule has 118 valence electrons. The van der Waals surface area contributed by atoms with Crippen LogP contribution in [0.25, 0.3) is 0 Å². The third-order valence-electron chi connectivity index (χ3n) is 2.48. The maximum absolute atomic E-state index is 11.5. The molecule has 1 aromatic rings. The maximum Gasteiger partial charge on any atom is 0.328 e. The standard InChI is InChI=1S/C14H15ClN2O5/c1-8-5-10(6-9(2)14(8)15)22-7-12(19)17-16-11(18)3-4-13(20)21/h3-6H,7H2,1-2H3,(H,16,18)(H,17,19)(H,20,21). The summed E-state index contributed by atoms with van der Waals surface area (Å²) in [5.41, 5.74) is 5.75. The lowest BCUT2D eigenvalue weighted by molar-refractivity contribution is -0.131. The van der Waals surface area contributed by atoms with Gasteiger partial charge in [0.1, 0.15) is 5.75 Å². The third kappa shape index (κ3) is 5.84. The molecule has 1 rings (SSSR count). The van der Waals surface area contributed by atoms with Crippen molar-refractivity contribution in [1.82, 2.24) is 10.9 Å². The van der Waals surface area contributed by atoms with Gasteiger partial charge >= 0.3 is 5.97 Å². The SMILES string of the molecule is Cc1cc(OCC(=O)NNC(=O)C=CC(=O)O)cc(C)c1Cl. The van der Waals surface area contributed by atoms with E-state index in [-0.39, 0.29) is 6.61 Å². The van der Waals surface area contributed by atoms with E-state index in [9.17, 15) is 14.4 Å². The fraction of sp³-hybridized carbons (Fsp3) is 0.214. The van der Waals surface area contributed by atoms with E-state index in [1.807, 2.05) is 19.3 Å². The van der Waals surface area contributed by atoms with Crippen molar-refractivity contribution in [3.8, 4) is 5.75 Å². The second-order valence-electron chi connectivity index (χ2n) is 4.37. The lowest BCUT2D eigenvalue weighted by Crippen LogP contribution is -2.43. The number of aliphatic carboxylic acids is 1. The highest BCUT2D eigenvalue weighted by atomic mass is 35.5. The molecule has 0 unspecified atom stereocenters. The van der Waals surface area contributed by atoms with Crippen LogP contribution in [0.5, 0.6) is 5.75 Å². The molecule has 7 nitrogen and oxygen atoms in total. The van der Waals surface area contributed by atoms with Crippen LogP contribution in [0.2, 0.25) is 5.02 Å². The number of hydrogen-bond acceptors (Lipinski definition) is 4. The highest BCUT2D eigenvalue weighted by Gasteiger charge is 2.07. The van der Waals surface area contributed by atoms with Gasteiger partial charge in [-0.1, -0.05) is 11.6 Å². The minimum absolute atomic E-state index is 0.316. The van der Waals surface area contributed by atoms with Crippen LogP contribution < -0.4 is 15.6 Å². The predicted octanol–water partition coefficient (Wildman–Crippen LogP) is 1.12. The number of ether oxygens (including phenoxy) is 1. The van der Waals surface area contributed by atoms with Crippen LogP contribution >= 0.6 is 11.6 Å². The number of hydrazine groups is 1. The number of hydrogen-bond donors (Lipinski definition) is 3. The second kappa shape index (κ2) is 8.04. The van der Waals surface area contributed by atoms with Crippen LogP contribution in [0, 0.1) is 13.8 Å². The first-order valence-electron chi connectivity index (χ1n) is 6.19. The molecule has 0 spiro atoms. The number of nitrogens with one attached hydrogen (secondary N) is 2. The van der Waals surface area contributed by atoms with Crippen LogP contribution in [-0.2, 0) is 14.4 Å². The van der Waals surface area contributed by atoms with E-state index in [4.69, 9.17) is 21.4 Å². The van der Waals surface area contributed by atoms with E-state index in [0.717, 1.165) is 17.2 Å². The zero-order valence-corrected chi connectivity index (χ0v) is 12.7. The molecule has 0 aliphatic heterocycles. The van der Waals surface area contributed by atoms with Crippen molar-refractivity contribution >= 4 is 29.4 Å². The molecule has 2 amide bonds. The van der Waals surface area contributed by atoms with Crippen LogP contribution in [0.4, 0.5) is 0 Å². The van der Waals surface area contributed by atoms with Crippen molar-refractivity contribution in [2.75, 3.05) is 6.61 Å². The van der Waals surface area contributed by atoms with Gasteiger partial charge in [-0.25, -0.2) is 4.79 Å². The molecule has 0 saturated carbocycles. The Morgan fingerprint density at radius 1 is 1.18 bits per heavy atom. The van der Waals surface area contributed by atoms with Crippen molar-refractivity contribution < 1.29 is 24.2 Å². The molecular formula is C14H15ClN2O5. The average Bonchev–Trinajstić information content (AvgIpc) is 2.46. The number of rotatable bonds is 5. The average molecular weight is 327 g/mol. The molecule has 0 bridgehead atoms. The van der Waals surface area contributed by atoms with Gasteiger partial charge in [-0.3, -0.25) is 20.4 Å². The Balaban J connectivity index is 2.44. The molecule has 0 saturated heterocycles. The number of halogens is 1. The van der Waals surface area contributed by atoms with Crippen molar-refractivity contribution in [2.45, 2.75) is 13.8 Å². The summed E-state index contributed by atoms with van der Waals surface area (Å²) in [6.07, 6.45) is 1.42. The van der Waals surface area contributed by atoms with E-state index in [1.165, 1.54) is 0 Å². The number of carbonyl (C=O) groups is 3. The summed E-state index contributed by atoms with van der Waals surface area (Å²) < 4.78 is 5.28. The van der Waals surface area contributed by atoms with Gasteiger partial charge in [0.25, 0.3) is 11.8 Å². The first kappa shape index (κ1) is 17.5. The summed E-state index contributed by atoms with van der Waals surface area (Å²) in [7, 11) is 0. The Hall–Kier alpha value is -2.54. The Bertz CT molecular complexity index is 605. The minimum atomic E-state index is -1.27. The van der Waals surface area contributed by atoms with Crippen molar-refractivity contribution in [1.29, 1.82) is 0 Å². The summed E-state index contributed by atoms with van der Waals surface area (Å²) in [5, 5.41) is 8.96. The molecule has 0 radical (unpaired) electrons. The number of carboxylic acid groups (broad SMARTS) is 1. The molecule has 22 heavy (non-hydrogen) atoms. The molecule has 1 aromatic carbocycles. The van der Waals surface area contributed by atoms with Gasteiger partial charge in [0.05, 0.1) is 0 Å². The molecular weight excluding hydrogens is 312 g/mol. The quantitative estimate of drug-likeness (QED) is 0.555. The van der Waals surface area contributed by atoms with E-state index < -0.39 is 17.8 Å². The molecule has 0 fully saturated rings. The van der Waals surface area contributed by atoms with E-state index >= 15 is 0 Å². The summed E-state index contributed by atoms with van der Waals surface area (Å²) in [6, 6.07) is 3.38. The van der Waals surface area contributed by atoms with Gasteiger partial charge in [0.15, 0.2) is 6.61 Å². The van der Waals surface area contributed by atoms with Gasteiger partial charge in [-0.05, 0) is 37.1 Å². The largest absolute Gasteiger partial charge is 0.484 e. The summed E-state index contributed by atoms with van der Waals surface area (Å²) in [6.45, 7) is 3.32. The minimum Gasteiger partial charge on any atom is -0.484 e. The molecule has 8 heteroatoms. The monoisotopic (exact) mass is 326 g/mol. The Morgan fingerprint density at radius 3 is 2.32 bits per heavy atom. The molecule has 0 aliphatic rings. The smallest absolute Gasteiger partial charge is 0.328 e. The summed E-state index contributed by atoms with van der Waals surface area (Å²) >= 11 is 6.02. The Kier molecular flexibility index (Phi) is 6.40. The van der Waals surface area contributed by atoms with Crippen molar-refractivity contribution in [3.05, 3.63) is 40.4 Å². The van der Waals surface area contributed by atoms with E-state index in [1.54, 1.807) is 12.1 Å². The molecule has 0 heterocycles. The highest BCUT2D eigenvalue weighted by Crippen LogP contribution is 2.25. The molecule has 0 atom stereocenters. The number of benzene rings is 1. The van der Waals surface area contributed by atoms with Crippen LogP contribution in [0.15, 0.2) is 24.3 Å². The Morgan fingerprint density at radius 2 is 1.77 bits per heavy atom. The topological polar surface area (TPSA) is 105 Å². The van der Waals surface area contributed by atoms with Crippen LogP contribution in [-0.4, -0.2) is 29.5 Å². The first-order valence-corrected chi connectivity index (χ1v) is 6.56. The normalized spacial score (nSPS) is 10.3. The first-order chi connectivity index (χ1) is 10.3. The predicted molar refractivity (Wildman–Crippen MR) is 79.5 cm³/mol. The van der Waals surface area contributed by atoms with Crippen LogP contribution in [0.1, 0.15) is 11.1 Å². The van der Waals surface area contributed by atoms with Crippen molar-refractivity contribution in [3.63, 3.8) is 0 Å². The van der Waals surface area contributed by atoms with Gasteiger partial charge in [0, 0.05) is 17.2 Å². The van der Waals surface area contributed by atoms with E-state index in [0.29, 0.717) is 16.8 Å². The summed E-state index contributed by atoms with van der Waals surface area (Å²) in [4.78, 5) is 32.8. The number of carbonyl (C=O) groups excluding carboxylic acids is 2. The molecule has 3 N–H and O–H groups in total. The molecule has 0 aliphatic carbocycles. The van der Waals surface area contributed by atoms with Gasteiger partial charge in [0.2, 0.25) is 0 Å². The number of carboxylic acids is 1. The van der Waals surface area contributed by atoms with Gasteiger partial charge < -0.3 is 9.84 Å². The fourth-order valence-electron chi connectivity index (χ4n) is 1.49. The maximum atomic E-state index is 11.5. The zero-order chi connectivity index (χ0) is 16.7. The highest BCUT2D eigenvalue weighted by molar-refractivity contribution is 6.32. The van der Waals surface area contributed by atoms with Crippen molar-refractivity contribution in [2.24, 2.45) is 0 Å². The molecule has 0 aromatic heterocycles.